The van der Waals surface area contributed by atoms with Crippen LogP contribution in [-0.2, 0) is 14.2 Å². The summed E-state index contributed by atoms with van der Waals surface area (Å²) < 4.78 is 39.8. The number of hydrogen-bond acceptors (Lipinski definition) is 18. The number of nitrogens with one attached hydrogen (secondary N) is 1. The summed E-state index contributed by atoms with van der Waals surface area (Å²) in [4.78, 5) is 78.3. The molecule has 0 aliphatic carbocycles. The number of nitrogens with zero attached hydrogens (tertiary/aromatic N) is 9. The van der Waals surface area contributed by atoms with Crippen LogP contribution in [0.15, 0.2) is 308 Å². The summed E-state index contributed by atoms with van der Waals surface area (Å²) in [6.45, 7) is 56.2. The normalized spacial score (nSPS) is 9.26. The number of aromatic amines is 1. The summed E-state index contributed by atoms with van der Waals surface area (Å²) in [6.07, 6.45) is 0. The summed E-state index contributed by atoms with van der Waals surface area (Å²) in [5.74, 6) is 1.27. The lowest BCUT2D eigenvalue weighted by atomic mass is 10.2. The highest BCUT2D eigenvalue weighted by Gasteiger charge is 2.20. The van der Waals surface area contributed by atoms with Crippen molar-refractivity contribution >= 4 is 78.9 Å². The number of carboxylic acid groups (broad SMARTS) is 1. The molecular weight excluding hydrogens is 1730 g/mol. The molecule has 0 atom stereocenters. The zero-order chi connectivity index (χ0) is 103. The van der Waals surface area contributed by atoms with Crippen LogP contribution in [0.4, 0.5) is 11.4 Å². The summed E-state index contributed by atoms with van der Waals surface area (Å²) in [5.41, 5.74) is 9.27. The van der Waals surface area contributed by atoms with Crippen molar-refractivity contribution in [2.24, 2.45) is 0 Å². The van der Waals surface area contributed by atoms with E-state index in [2.05, 4.69) is 20.4 Å². The van der Waals surface area contributed by atoms with Crippen molar-refractivity contribution < 1.29 is 62.6 Å². The Bertz CT molecular complexity index is 6080. The number of para-hydroxylation sites is 6. The molecule has 0 fully saturated rings. The number of carboxylic acids is 1. The average molecular weight is 1870 g/mol. The van der Waals surface area contributed by atoms with Gasteiger partial charge in [0.2, 0.25) is 17.6 Å². The van der Waals surface area contributed by atoms with E-state index in [9.17, 15) is 44.2 Å². The molecule has 2 N–H and O–H groups in total. The highest BCUT2D eigenvalue weighted by atomic mass is 16.6. The Morgan fingerprint density at radius 2 is 0.547 bits per heavy atom. The Kier molecular flexibility index (Phi) is 63.0. The average Bonchev–Trinajstić information content (AvgIpc) is 1.64. The van der Waals surface area contributed by atoms with E-state index in [1.807, 2.05) is 342 Å². The molecule has 16 rings (SSSR count). The van der Waals surface area contributed by atoms with Crippen LogP contribution in [-0.4, -0.2) is 97.8 Å². The number of ether oxygens (including phenoxy) is 6. The number of aryl methyl sites for hydroxylation is 1. The number of nitro benzene ring substituents is 2. The molecule has 16 aromatic rings. The molecule has 26 nitrogen and oxygen atoms in total. The van der Waals surface area contributed by atoms with E-state index in [1.165, 1.54) is 36.4 Å². The number of rotatable bonds is 19. The molecule has 732 valence electrons. The first-order valence-electron chi connectivity index (χ1n) is 47.3. The van der Waals surface area contributed by atoms with Gasteiger partial charge in [0.1, 0.15) is 17.2 Å². The second kappa shape index (κ2) is 71.1. The maximum absolute atomic E-state index is 11.9. The standard InChI is InChI=1S/C22H17N3O5.C22H18N2O3.C20H14N2O3.C16H14N2O3.C7H7NO2.12C2H6/c1-2-29-22(26)15-7-9-16(10-8-15)24-20-6-4-3-5-19(20)21(23-24)30-18-13-11-17(12-14-18)25(27)28;1-2-26-22(25)16-12-14-17(15-13-16)24-20-11-7-6-10-19(20)21(23-24)27-18-8-4-3-5-9-18;23-20(24)14-10-12-15(13-11-14)22-18-9-5-4-8-17(18)19(21-22)25-16-6-2-1-3-7-16;1-2-21-16(20)11-7-9-12(10-8-11)18-14-6-4-3-5-13(14)15(19)17-18;1-6-2-4-7(5-3-6)8(9)10;12*1-2/h3-14H,2H2,1H3;3-15H,2H2,1H3;1-13H,(H,23,24);3-10H,2H2,1H3,(H,17,19);2-5H,1H3;12*1-2H3. The van der Waals surface area contributed by atoms with Crippen LogP contribution >= 0.6 is 0 Å². The van der Waals surface area contributed by atoms with Crippen LogP contribution < -0.4 is 19.8 Å². The summed E-state index contributed by atoms with van der Waals surface area (Å²) in [7, 11) is 0. The summed E-state index contributed by atoms with van der Waals surface area (Å²) in [6, 6.07) is 89.4. The Labute approximate surface area is 809 Å². The van der Waals surface area contributed by atoms with Gasteiger partial charge < -0.3 is 33.5 Å². The monoisotopic (exact) mass is 1870 g/mol. The zero-order valence-corrected chi connectivity index (χ0v) is 85.1. The molecule has 0 radical (unpaired) electrons. The first-order chi connectivity index (χ1) is 66.9. The molecule has 0 spiro atoms. The summed E-state index contributed by atoms with van der Waals surface area (Å²) >= 11 is 0. The van der Waals surface area contributed by atoms with Gasteiger partial charge in [-0.25, -0.2) is 33.2 Å². The van der Waals surface area contributed by atoms with Crippen molar-refractivity contribution in [1.29, 1.82) is 0 Å². The Hall–Kier alpha value is -15.6. The van der Waals surface area contributed by atoms with Gasteiger partial charge in [0.25, 0.3) is 16.9 Å². The van der Waals surface area contributed by atoms with Gasteiger partial charge in [0, 0.05) is 24.3 Å². The predicted octanol–water partition coefficient (Wildman–Crippen LogP) is 31.1. The number of benzene rings is 12. The summed E-state index contributed by atoms with van der Waals surface area (Å²) in [5, 5.41) is 49.8. The minimum absolute atomic E-state index is 0.0144. The second-order valence-electron chi connectivity index (χ2n) is 24.4. The third-order valence-corrected chi connectivity index (χ3v) is 16.9. The smallest absolute Gasteiger partial charge is 0.338 e. The molecule has 26 heteroatoms. The van der Waals surface area contributed by atoms with Crippen LogP contribution in [0.2, 0.25) is 0 Å². The Balaban J connectivity index is 0.00000163. The third-order valence-electron chi connectivity index (χ3n) is 16.9. The van der Waals surface area contributed by atoms with Crippen LogP contribution in [0.1, 0.15) is 234 Å². The van der Waals surface area contributed by atoms with Gasteiger partial charge in [-0.05, 0) is 210 Å². The first kappa shape index (κ1) is 121. The molecule has 137 heavy (non-hydrogen) atoms. The highest BCUT2D eigenvalue weighted by Crippen LogP contribution is 2.35. The maximum Gasteiger partial charge on any atom is 0.338 e. The molecule has 0 saturated carbocycles. The number of H-pyrrole nitrogens is 1. The number of aromatic nitrogens is 8. The van der Waals surface area contributed by atoms with Crippen molar-refractivity contribution in [3.05, 3.63) is 362 Å². The molecule has 0 bridgehead atoms. The van der Waals surface area contributed by atoms with E-state index in [0.29, 0.717) is 71.0 Å². The topological polar surface area (TPSA) is 321 Å². The lowest BCUT2D eigenvalue weighted by Gasteiger charge is -2.06. The van der Waals surface area contributed by atoms with E-state index >= 15 is 0 Å². The maximum atomic E-state index is 11.9. The number of aromatic carboxylic acids is 1. The van der Waals surface area contributed by atoms with E-state index in [1.54, 1.807) is 138 Å². The number of fused-ring (bicyclic) bond motifs is 4. The van der Waals surface area contributed by atoms with Crippen LogP contribution in [0.25, 0.3) is 66.4 Å². The fourth-order valence-corrected chi connectivity index (χ4v) is 11.4. The van der Waals surface area contributed by atoms with Gasteiger partial charge in [-0.3, -0.25) is 34.8 Å². The first-order valence-corrected chi connectivity index (χ1v) is 47.3. The lowest BCUT2D eigenvalue weighted by molar-refractivity contribution is -0.385. The van der Waals surface area contributed by atoms with E-state index < -0.39 is 15.8 Å². The number of carbonyl (C=O) groups is 4. The van der Waals surface area contributed by atoms with Crippen LogP contribution in [0.3, 0.4) is 0 Å². The molecule has 12 aromatic carbocycles. The fourth-order valence-electron chi connectivity index (χ4n) is 11.4. The molecule has 0 aliphatic rings. The SMILES string of the molecule is CC.CC.CC.CC.CC.CC.CC.CC.CC.CC.CC.CC.CCOC(=O)c1ccc(-n2[nH]c(=O)c3ccccc32)cc1.CCOC(=O)c1ccc(-n2nc(Oc3ccc([N+](=O)[O-])cc3)c3ccccc32)cc1.CCOC(=O)c1ccc(-n2nc(Oc3ccccc3)c3ccccc32)cc1.Cc1ccc([N+](=O)[O-])cc1.O=C(O)c1ccc(-n2nc(Oc3ccccc3)c3ccccc32)cc1. The Morgan fingerprint density at radius 3 is 0.825 bits per heavy atom. The van der Waals surface area contributed by atoms with Crippen LogP contribution in [0, 0.1) is 27.2 Å². The van der Waals surface area contributed by atoms with Gasteiger partial charge in [-0.15, -0.1) is 15.3 Å². The largest absolute Gasteiger partial charge is 0.478 e. The number of nitro groups is 2. The van der Waals surface area contributed by atoms with E-state index in [4.69, 9.17) is 33.5 Å². The minimum atomic E-state index is -0.954. The molecule has 4 heterocycles. The van der Waals surface area contributed by atoms with Gasteiger partial charge in [0.05, 0.1) is 118 Å². The van der Waals surface area contributed by atoms with Gasteiger partial charge in [0.15, 0.2) is 0 Å². The van der Waals surface area contributed by atoms with Gasteiger partial charge >= 0.3 is 23.9 Å². The van der Waals surface area contributed by atoms with Crippen molar-refractivity contribution in [3.8, 4) is 57.6 Å². The van der Waals surface area contributed by atoms with Crippen molar-refractivity contribution in [2.75, 3.05) is 19.8 Å². The molecule has 0 saturated heterocycles. The van der Waals surface area contributed by atoms with E-state index in [0.717, 1.165) is 72.3 Å². The third kappa shape index (κ3) is 37.1. The molecule has 0 amide bonds. The van der Waals surface area contributed by atoms with Crippen molar-refractivity contribution in [3.63, 3.8) is 0 Å². The quantitative estimate of drug-likeness (QED) is 0.0329. The zero-order valence-electron chi connectivity index (χ0n) is 85.1. The predicted molar refractivity (Wildman–Crippen MR) is 562 cm³/mol. The minimum Gasteiger partial charge on any atom is -0.478 e. The number of carbonyl (C=O) groups excluding carboxylic acids is 3. The molecular formula is C111H142N10O16. The van der Waals surface area contributed by atoms with Crippen molar-refractivity contribution in [2.45, 2.75) is 194 Å². The number of non-ortho nitro benzene ring substituents is 2. The van der Waals surface area contributed by atoms with Crippen molar-refractivity contribution in [1.82, 2.24) is 39.1 Å². The van der Waals surface area contributed by atoms with Gasteiger partial charge in [-0.2, -0.15) is 0 Å². The van der Waals surface area contributed by atoms with Gasteiger partial charge in [-0.1, -0.05) is 269 Å². The molecule has 0 unspecified atom stereocenters. The number of esters is 3. The molecule has 0 aliphatic heterocycles. The van der Waals surface area contributed by atoms with E-state index in [-0.39, 0.29) is 40.4 Å². The van der Waals surface area contributed by atoms with Crippen LogP contribution in [0.5, 0.6) is 34.9 Å². The molecule has 4 aromatic heterocycles. The highest BCUT2D eigenvalue weighted by molar-refractivity contribution is 5.93. The second-order valence-corrected chi connectivity index (χ2v) is 24.4. The fraction of sp³-hybridized carbons (Fsp3) is 0.279. The lowest BCUT2D eigenvalue weighted by Crippen LogP contribution is -2.06. The number of hydrogen-bond donors (Lipinski definition) is 2. The Morgan fingerprint density at radius 1 is 0.307 bits per heavy atom.